The zero-order valence-electron chi connectivity index (χ0n) is 11.5. The molecule has 0 aliphatic rings. The van der Waals surface area contributed by atoms with Gasteiger partial charge in [0.25, 0.3) is 0 Å². The van der Waals surface area contributed by atoms with Crippen LogP contribution in [0.1, 0.15) is 26.6 Å². The molecule has 0 saturated heterocycles. The van der Waals surface area contributed by atoms with Crippen molar-refractivity contribution in [3.63, 3.8) is 0 Å². The molecule has 0 fully saturated rings. The minimum atomic E-state index is -1.07. The summed E-state index contributed by atoms with van der Waals surface area (Å²) in [4.78, 5) is 22.8. The van der Waals surface area contributed by atoms with E-state index in [1.165, 1.54) is 6.33 Å². The summed E-state index contributed by atoms with van der Waals surface area (Å²) in [5.74, 6) is -0.487. The molecule has 1 unspecified atom stereocenters. The van der Waals surface area contributed by atoms with E-state index in [1.807, 2.05) is 0 Å². The number of urea groups is 1. The first-order chi connectivity index (χ1) is 8.71. The largest absolute Gasteiger partial charge is 0.480 e. The van der Waals surface area contributed by atoms with Gasteiger partial charge >= 0.3 is 12.0 Å². The van der Waals surface area contributed by atoms with Crippen LogP contribution in [-0.4, -0.2) is 37.9 Å². The maximum absolute atomic E-state index is 11.7. The van der Waals surface area contributed by atoms with Crippen LogP contribution in [0.25, 0.3) is 0 Å². The number of aromatic nitrogens is 3. The van der Waals surface area contributed by atoms with Crippen molar-refractivity contribution in [3.05, 3.63) is 12.2 Å². The molecule has 3 N–H and O–H groups in total. The third kappa shape index (κ3) is 4.23. The van der Waals surface area contributed by atoms with Gasteiger partial charge in [0.15, 0.2) is 5.82 Å². The van der Waals surface area contributed by atoms with Crippen LogP contribution in [0, 0.1) is 5.41 Å². The fourth-order valence-electron chi connectivity index (χ4n) is 1.46. The fraction of sp³-hybridized carbons (Fsp3) is 0.636. The van der Waals surface area contributed by atoms with Crippen LogP contribution in [0.15, 0.2) is 6.33 Å². The highest BCUT2D eigenvalue weighted by atomic mass is 16.4. The van der Waals surface area contributed by atoms with Gasteiger partial charge in [-0.25, -0.2) is 9.59 Å². The summed E-state index contributed by atoms with van der Waals surface area (Å²) >= 11 is 0. The Labute approximate surface area is 111 Å². The Morgan fingerprint density at radius 2 is 2.11 bits per heavy atom. The molecular weight excluding hydrogens is 250 g/mol. The maximum atomic E-state index is 11.7. The van der Waals surface area contributed by atoms with Gasteiger partial charge in [-0.15, -0.1) is 10.2 Å². The Bertz CT molecular complexity index is 463. The van der Waals surface area contributed by atoms with Gasteiger partial charge in [-0.2, -0.15) is 0 Å². The van der Waals surface area contributed by atoms with Gasteiger partial charge in [-0.3, -0.25) is 0 Å². The summed E-state index contributed by atoms with van der Waals surface area (Å²) in [6.07, 6.45) is 1.52. The number of hydrogen-bond acceptors (Lipinski definition) is 4. The normalized spacial score (nSPS) is 12.8. The Kier molecular flexibility index (Phi) is 4.47. The molecule has 106 valence electrons. The molecule has 1 heterocycles. The van der Waals surface area contributed by atoms with Gasteiger partial charge in [0.1, 0.15) is 12.4 Å². The number of amides is 2. The maximum Gasteiger partial charge on any atom is 0.326 e. The lowest BCUT2D eigenvalue weighted by molar-refractivity contribution is -0.141. The van der Waals surface area contributed by atoms with E-state index in [0.29, 0.717) is 5.82 Å². The molecule has 0 saturated carbocycles. The highest BCUT2D eigenvalue weighted by molar-refractivity contribution is 5.83. The second-order valence-electron chi connectivity index (χ2n) is 5.32. The van der Waals surface area contributed by atoms with Crippen LogP contribution >= 0.6 is 0 Å². The summed E-state index contributed by atoms with van der Waals surface area (Å²) in [5.41, 5.74) is -0.575. The topological polar surface area (TPSA) is 109 Å². The third-order valence-electron chi connectivity index (χ3n) is 2.60. The second-order valence-corrected chi connectivity index (χ2v) is 5.32. The van der Waals surface area contributed by atoms with Crippen LogP contribution < -0.4 is 10.6 Å². The van der Waals surface area contributed by atoms with E-state index >= 15 is 0 Å². The number of carboxylic acid groups (broad SMARTS) is 1. The van der Waals surface area contributed by atoms with E-state index < -0.39 is 23.5 Å². The van der Waals surface area contributed by atoms with Gasteiger partial charge in [0.05, 0.1) is 6.54 Å². The fourth-order valence-corrected chi connectivity index (χ4v) is 1.46. The first kappa shape index (κ1) is 14.9. The molecule has 2 amide bonds. The molecule has 19 heavy (non-hydrogen) atoms. The first-order valence-corrected chi connectivity index (χ1v) is 5.82. The monoisotopic (exact) mass is 269 g/mol. The predicted octanol–water partition coefficient (Wildman–Crippen LogP) is 0.114. The van der Waals surface area contributed by atoms with Gasteiger partial charge in [0.2, 0.25) is 0 Å². The van der Waals surface area contributed by atoms with Crippen molar-refractivity contribution in [1.29, 1.82) is 0 Å². The third-order valence-corrected chi connectivity index (χ3v) is 2.60. The number of hydrogen-bond donors (Lipinski definition) is 3. The molecule has 8 nitrogen and oxygen atoms in total. The molecule has 1 aromatic rings. The van der Waals surface area contributed by atoms with Gasteiger partial charge in [0, 0.05) is 7.05 Å². The van der Waals surface area contributed by atoms with Crippen molar-refractivity contribution in [2.24, 2.45) is 12.5 Å². The molecule has 0 bridgehead atoms. The van der Waals surface area contributed by atoms with Gasteiger partial charge in [-0.05, 0) is 5.41 Å². The van der Waals surface area contributed by atoms with Crippen molar-refractivity contribution in [2.75, 3.05) is 0 Å². The van der Waals surface area contributed by atoms with E-state index in [-0.39, 0.29) is 6.54 Å². The molecule has 1 aromatic heterocycles. The summed E-state index contributed by atoms with van der Waals surface area (Å²) in [6, 6.07) is -1.52. The van der Waals surface area contributed by atoms with E-state index in [4.69, 9.17) is 5.11 Å². The van der Waals surface area contributed by atoms with Gasteiger partial charge < -0.3 is 20.3 Å². The quantitative estimate of drug-likeness (QED) is 0.719. The van der Waals surface area contributed by atoms with Crippen LogP contribution in [0.5, 0.6) is 0 Å². The van der Waals surface area contributed by atoms with Crippen LogP contribution in [0.3, 0.4) is 0 Å². The van der Waals surface area contributed by atoms with Crippen molar-refractivity contribution in [2.45, 2.75) is 33.4 Å². The second kappa shape index (κ2) is 5.68. The van der Waals surface area contributed by atoms with Gasteiger partial charge in [-0.1, -0.05) is 20.8 Å². The zero-order valence-corrected chi connectivity index (χ0v) is 11.5. The van der Waals surface area contributed by atoms with E-state index in [2.05, 4.69) is 20.8 Å². The summed E-state index contributed by atoms with van der Waals surface area (Å²) in [6.45, 7) is 5.41. The Morgan fingerprint density at radius 3 is 2.53 bits per heavy atom. The lowest BCUT2D eigenvalue weighted by Gasteiger charge is -2.27. The number of nitrogens with zero attached hydrogens (tertiary/aromatic N) is 3. The highest BCUT2D eigenvalue weighted by Crippen LogP contribution is 2.19. The molecule has 1 atom stereocenters. The average molecular weight is 269 g/mol. The smallest absolute Gasteiger partial charge is 0.326 e. The lowest BCUT2D eigenvalue weighted by Crippen LogP contribution is -2.52. The Balaban J connectivity index is 2.55. The number of nitrogens with one attached hydrogen (secondary N) is 2. The molecule has 0 radical (unpaired) electrons. The van der Waals surface area contributed by atoms with E-state index in [9.17, 15) is 9.59 Å². The first-order valence-electron chi connectivity index (χ1n) is 5.82. The Morgan fingerprint density at radius 1 is 1.47 bits per heavy atom. The standard InChI is InChI=1S/C11H19N5O3/c1-11(2,3)8(9(17)18)14-10(19)12-5-7-15-13-6-16(7)4/h6,8H,5H2,1-4H3,(H,17,18)(H2,12,14,19). The predicted molar refractivity (Wildman–Crippen MR) is 67.3 cm³/mol. The average Bonchev–Trinajstić information content (AvgIpc) is 2.67. The van der Waals surface area contributed by atoms with Crippen molar-refractivity contribution in [3.8, 4) is 0 Å². The molecule has 0 spiro atoms. The van der Waals surface area contributed by atoms with E-state index in [0.717, 1.165) is 0 Å². The molecule has 0 aliphatic heterocycles. The van der Waals surface area contributed by atoms with Crippen LogP contribution in [-0.2, 0) is 18.4 Å². The minimum absolute atomic E-state index is 0.179. The highest BCUT2D eigenvalue weighted by Gasteiger charge is 2.32. The molecular formula is C11H19N5O3. The van der Waals surface area contributed by atoms with Crippen LogP contribution in [0.4, 0.5) is 4.79 Å². The SMILES string of the molecule is Cn1cnnc1CNC(=O)NC(C(=O)O)C(C)(C)C. The van der Waals surface area contributed by atoms with Crippen LogP contribution in [0.2, 0.25) is 0 Å². The summed E-state index contributed by atoms with van der Waals surface area (Å²) < 4.78 is 1.67. The number of carbonyl (C=O) groups excluding carboxylic acids is 1. The van der Waals surface area contributed by atoms with Crippen molar-refractivity contribution < 1.29 is 14.7 Å². The Hall–Kier alpha value is -2.12. The number of carbonyl (C=O) groups is 2. The molecule has 8 heteroatoms. The van der Waals surface area contributed by atoms with Crippen molar-refractivity contribution >= 4 is 12.0 Å². The number of carboxylic acids is 1. The molecule has 1 rings (SSSR count). The summed E-state index contributed by atoms with van der Waals surface area (Å²) in [5, 5.41) is 21.5. The summed E-state index contributed by atoms with van der Waals surface area (Å²) in [7, 11) is 1.75. The molecule has 0 aromatic carbocycles. The zero-order chi connectivity index (χ0) is 14.6. The number of aliphatic carboxylic acids is 1. The minimum Gasteiger partial charge on any atom is -0.480 e. The molecule has 0 aliphatic carbocycles. The van der Waals surface area contributed by atoms with E-state index in [1.54, 1.807) is 32.4 Å². The lowest BCUT2D eigenvalue weighted by atomic mass is 9.87. The number of rotatable bonds is 4. The number of aryl methyl sites for hydroxylation is 1. The van der Waals surface area contributed by atoms with Crippen molar-refractivity contribution in [1.82, 2.24) is 25.4 Å².